The third kappa shape index (κ3) is 4.92. The summed E-state index contributed by atoms with van der Waals surface area (Å²) in [5, 5.41) is 15.8. The van der Waals surface area contributed by atoms with Crippen molar-refractivity contribution >= 4 is 23.5 Å². The number of anilines is 1. The fraction of sp³-hybridized carbons (Fsp3) is 0.368. The summed E-state index contributed by atoms with van der Waals surface area (Å²) in [7, 11) is 1.64. The van der Waals surface area contributed by atoms with E-state index in [1.165, 1.54) is 11.8 Å². The van der Waals surface area contributed by atoms with Crippen molar-refractivity contribution in [1.82, 2.24) is 19.9 Å². The third-order valence-electron chi connectivity index (χ3n) is 3.84. The maximum absolute atomic E-state index is 12.2. The van der Waals surface area contributed by atoms with Gasteiger partial charge in [-0.15, -0.1) is 10.2 Å². The van der Waals surface area contributed by atoms with E-state index in [4.69, 9.17) is 9.26 Å². The van der Waals surface area contributed by atoms with E-state index in [-0.39, 0.29) is 11.7 Å². The van der Waals surface area contributed by atoms with Gasteiger partial charge in [-0.2, -0.15) is 0 Å². The zero-order valence-corrected chi connectivity index (χ0v) is 17.1. The van der Waals surface area contributed by atoms with Crippen LogP contribution in [0.5, 0.6) is 5.75 Å². The lowest BCUT2D eigenvalue weighted by atomic mass is 10.2. The highest BCUT2D eigenvalue weighted by atomic mass is 32.2. The predicted molar refractivity (Wildman–Crippen MR) is 107 cm³/mol. The second-order valence-electron chi connectivity index (χ2n) is 6.70. The van der Waals surface area contributed by atoms with Crippen molar-refractivity contribution in [1.29, 1.82) is 0 Å². The number of benzene rings is 1. The molecule has 1 N–H and O–H groups in total. The molecule has 9 heteroatoms. The number of hydrogen-bond acceptors (Lipinski definition) is 7. The second kappa shape index (κ2) is 8.92. The minimum atomic E-state index is -0.177. The molecule has 1 aromatic carbocycles. The molecular weight excluding hydrogens is 378 g/mol. The third-order valence-corrected chi connectivity index (χ3v) is 4.81. The van der Waals surface area contributed by atoms with Crippen LogP contribution in [0.1, 0.15) is 19.6 Å². The first-order valence-electron chi connectivity index (χ1n) is 8.90. The molecule has 0 aliphatic carbocycles. The number of carbonyl (C=O) groups is 1. The summed E-state index contributed by atoms with van der Waals surface area (Å²) in [4.78, 5) is 12.2. The van der Waals surface area contributed by atoms with Crippen LogP contribution in [0.3, 0.4) is 0 Å². The Kier molecular flexibility index (Phi) is 6.35. The van der Waals surface area contributed by atoms with Gasteiger partial charge in [-0.1, -0.05) is 30.8 Å². The van der Waals surface area contributed by atoms with E-state index in [0.717, 1.165) is 23.7 Å². The molecule has 3 rings (SSSR count). The number of nitrogens with zero attached hydrogens (tertiary/aromatic N) is 4. The summed E-state index contributed by atoms with van der Waals surface area (Å²) in [6, 6.07) is 9.36. The first kappa shape index (κ1) is 19.9. The van der Waals surface area contributed by atoms with Gasteiger partial charge in [0.25, 0.3) is 0 Å². The number of hydrogen-bond donors (Lipinski definition) is 1. The molecule has 0 spiro atoms. The summed E-state index contributed by atoms with van der Waals surface area (Å²) >= 11 is 1.34. The van der Waals surface area contributed by atoms with E-state index >= 15 is 0 Å². The average molecular weight is 401 g/mol. The minimum absolute atomic E-state index is 0.177. The lowest BCUT2D eigenvalue weighted by Gasteiger charge is -2.12. The molecule has 0 radical (unpaired) electrons. The van der Waals surface area contributed by atoms with Gasteiger partial charge < -0.3 is 19.1 Å². The van der Waals surface area contributed by atoms with Gasteiger partial charge in [-0.05, 0) is 37.1 Å². The highest BCUT2D eigenvalue weighted by Crippen LogP contribution is 2.26. The molecular formula is C19H23N5O3S. The maximum Gasteiger partial charge on any atom is 0.236 e. The molecule has 0 unspecified atom stereocenters. The SMILES string of the molecule is COc1ccc(-c2nnc(SCC(=O)Nc3cc(C)on3)n2CC(C)C)cc1. The molecule has 3 aromatic rings. The zero-order chi connectivity index (χ0) is 20.1. The molecule has 0 atom stereocenters. The molecule has 148 valence electrons. The second-order valence-corrected chi connectivity index (χ2v) is 7.64. The highest BCUT2D eigenvalue weighted by Gasteiger charge is 2.17. The minimum Gasteiger partial charge on any atom is -0.497 e. The fourth-order valence-electron chi connectivity index (χ4n) is 2.61. The Bertz CT molecular complexity index is 933. The van der Waals surface area contributed by atoms with E-state index in [2.05, 4.69) is 34.5 Å². The monoisotopic (exact) mass is 401 g/mol. The Balaban J connectivity index is 1.74. The van der Waals surface area contributed by atoms with Crippen LogP contribution in [0.2, 0.25) is 0 Å². The lowest BCUT2D eigenvalue weighted by molar-refractivity contribution is -0.113. The normalized spacial score (nSPS) is 11.0. The van der Waals surface area contributed by atoms with Gasteiger partial charge >= 0.3 is 0 Å². The van der Waals surface area contributed by atoms with Crippen molar-refractivity contribution in [2.75, 3.05) is 18.2 Å². The highest BCUT2D eigenvalue weighted by molar-refractivity contribution is 7.99. The number of ether oxygens (including phenoxy) is 1. The first-order valence-corrected chi connectivity index (χ1v) is 9.88. The topological polar surface area (TPSA) is 95.1 Å². The van der Waals surface area contributed by atoms with Gasteiger partial charge in [-0.25, -0.2) is 0 Å². The van der Waals surface area contributed by atoms with Crippen LogP contribution >= 0.6 is 11.8 Å². The molecule has 1 amide bonds. The van der Waals surface area contributed by atoms with Crippen LogP contribution in [-0.2, 0) is 11.3 Å². The van der Waals surface area contributed by atoms with E-state index < -0.39 is 0 Å². The first-order chi connectivity index (χ1) is 13.5. The quantitative estimate of drug-likeness (QED) is 0.576. The molecule has 8 nitrogen and oxygen atoms in total. The van der Waals surface area contributed by atoms with Crippen LogP contribution in [-0.4, -0.2) is 38.7 Å². The maximum atomic E-state index is 12.2. The Labute approximate surface area is 167 Å². The number of carbonyl (C=O) groups excluding carboxylic acids is 1. The summed E-state index contributed by atoms with van der Waals surface area (Å²) < 4.78 is 12.2. The molecule has 2 aromatic heterocycles. The van der Waals surface area contributed by atoms with Crippen LogP contribution in [0, 0.1) is 12.8 Å². The molecule has 28 heavy (non-hydrogen) atoms. The molecule has 0 fully saturated rings. The Morgan fingerprint density at radius 1 is 1.29 bits per heavy atom. The van der Waals surface area contributed by atoms with Crippen molar-refractivity contribution in [2.24, 2.45) is 5.92 Å². The van der Waals surface area contributed by atoms with E-state index in [1.54, 1.807) is 20.1 Å². The van der Waals surface area contributed by atoms with Gasteiger partial charge in [-0.3, -0.25) is 4.79 Å². The van der Waals surface area contributed by atoms with Crippen molar-refractivity contribution < 1.29 is 14.1 Å². The van der Waals surface area contributed by atoms with Crippen LogP contribution < -0.4 is 10.1 Å². The van der Waals surface area contributed by atoms with Crippen LogP contribution in [0.25, 0.3) is 11.4 Å². The summed E-state index contributed by atoms with van der Waals surface area (Å²) in [6.07, 6.45) is 0. The van der Waals surface area contributed by atoms with E-state index in [9.17, 15) is 4.79 Å². The van der Waals surface area contributed by atoms with E-state index in [1.807, 2.05) is 28.8 Å². The average Bonchev–Trinajstić information content (AvgIpc) is 3.25. The van der Waals surface area contributed by atoms with Gasteiger partial charge in [0.2, 0.25) is 5.91 Å². The number of nitrogens with one attached hydrogen (secondary N) is 1. The lowest BCUT2D eigenvalue weighted by Crippen LogP contribution is -2.15. The Morgan fingerprint density at radius 3 is 2.64 bits per heavy atom. The smallest absolute Gasteiger partial charge is 0.236 e. The summed E-state index contributed by atoms with van der Waals surface area (Å²) in [5.74, 6) is 3.03. The number of methoxy groups -OCH3 is 1. The Hall–Kier alpha value is -2.81. The van der Waals surface area contributed by atoms with Crippen molar-refractivity contribution in [3.8, 4) is 17.1 Å². The molecule has 0 bridgehead atoms. The number of aromatic nitrogens is 4. The number of thioether (sulfide) groups is 1. The van der Waals surface area contributed by atoms with Crippen molar-refractivity contribution in [3.63, 3.8) is 0 Å². The van der Waals surface area contributed by atoms with Crippen molar-refractivity contribution in [2.45, 2.75) is 32.5 Å². The fourth-order valence-corrected chi connectivity index (χ4v) is 3.36. The number of amides is 1. The van der Waals surface area contributed by atoms with Crippen LogP contribution in [0.15, 0.2) is 40.0 Å². The van der Waals surface area contributed by atoms with Crippen LogP contribution in [0.4, 0.5) is 5.82 Å². The molecule has 0 saturated heterocycles. The van der Waals surface area contributed by atoms with Gasteiger partial charge in [0.15, 0.2) is 16.8 Å². The summed E-state index contributed by atoms with van der Waals surface area (Å²) in [6.45, 7) is 6.78. The van der Waals surface area contributed by atoms with Gasteiger partial charge in [0.1, 0.15) is 11.5 Å². The van der Waals surface area contributed by atoms with Gasteiger partial charge in [0.05, 0.1) is 12.9 Å². The Morgan fingerprint density at radius 2 is 2.04 bits per heavy atom. The number of aryl methyl sites for hydroxylation is 1. The van der Waals surface area contributed by atoms with Gasteiger partial charge in [0, 0.05) is 18.2 Å². The van der Waals surface area contributed by atoms with E-state index in [0.29, 0.717) is 22.7 Å². The predicted octanol–water partition coefficient (Wildman–Crippen LogP) is 3.64. The zero-order valence-electron chi connectivity index (χ0n) is 16.3. The molecule has 2 heterocycles. The largest absolute Gasteiger partial charge is 0.497 e. The molecule has 0 aliphatic rings. The standard InChI is InChI=1S/C19H23N5O3S/c1-12(2)10-24-18(14-5-7-15(26-4)8-6-14)21-22-19(24)28-11-17(25)20-16-9-13(3)27-23-16/h5-9,12H,10-11H2,1-4H3,(H,20,23,25). The molecule has 0 aliphatic heterocycles. The molecule has 0 saturated carbocycles. The number of rotatable bonds is 8. The van der Waals surface area contributed by atoms with Crippen molar-refractivity contribution in [3.05, 3.63) is 36.1 Å². The summed E-state index contributed by atoms with van der Waals surface area (Å²) in [5.41, 5.74) is 0.948.